The lowest BCUT2D eigenvalue weighted by Gasteiger charge is -2.42. The summed E-state index contributed by atoms with van der Waals surface area (Å²) < 4.78 is 56.2. The lowest BCUT2D eigenvalue weighted by atomic mass is 9.76. The summed E-state index contributed by atoms with van der Waals surface area (Å²) in [6.07, 6.45) is -2.79. The summed E-state index contributed by atoms with van der Waals surface area (Å²) in [5.41, 5.74) is -3.79. The first-order valence-electron chi connectivity index (χ1n) is 13.5. The zero-order valence-electron chi connectivity index (χ0n) is 22.7. The van der Waals surface area contributed by atoms with E-state index >= 15 is 0 Å². The number of nitriles is 1. The van der Waals surface area contributed by atoms with Crippen LogP contribution in [0.15, 0.2) is 0 Å². The quantitative estimate of drug-likeness (QED) is 0.524. The summed E-state index contributed by atoms with van der Waals surface area (Å²) in [4.78, 5) is 55.3. The van der Waals surface area contributed by atoms with Crippen molar-refractivity contribution in [3.05, 3.63) is 0 Å². The second kappa shape index (κ2) is 10.0. The Balaban J connectivity index is 1.63. The van der Waals surface area contributed by atoms with Crippen LogP contribution in [0, 0.1) is 34.5 Å². The molecule has 8 nitrogen and oxygen atoms in total. The van der Waals surface area contributed by atoms with Crippen molar-refractivity contribution in [2.45, 2.75) is 102 Å². The topological polar surface area (TPSA) is 111 Å². The summed E-state index contributed by atoms with van der Waals surface area (Å²) in [5.74, 6) is -7.28. The standard InChI is InChI=1S/C27H36F4N4O4/c1-14(36)16-7-18(9-32)34(11-16)22(37)20-19-8-17(28)6-5-15(19)10-35(20)23(38)21(25(2,3)4)33-24(39)26(29)12-27(30,31)13-26/h15-21H,5-8,10-13H2,1-4H3,(H,33,39)/t15?,16-,17+,18-,19-,20-,21+/m0/s1. The lowest BCUT2D eigenvalue weighted by Crippen LogP contribution is -2.64. The van der Waals surface area contributed by atoms with E-state index in [0.717, 1.165) is 0 Å². The zero-order valence-corrected chi connectivity index (χ0v) is 22.7. The van der Waals surface area contributed by atoms with E-state index in [-0.39, 0.29) is 44.1 Å². The fraction of sp³-hybridized carbons (Fsp3) is 0.815. The van der Waals surface area contributed by atoms with Crippen LogP contribution in [0.4, 0.5) is 17.6 Å². The highest BCUT2D eigenvalue weighted by Gasteiger charge is 2.63. The third-order valence-corrected chi connectivity index (χ3v) is 8.87. The molecule has 0 aromatic carbocycles. The van der Waals surface area contributed by atoms with Crippen LogP contribution in [0.25, 0.3) is 0 Å². The molecule has 0 aromatic rings. The molecule has 2 saturated carbocycles. The van der Waals surface area contributed by atoms with Crippen molar-refractivity contribution < 1.29 is 36.7 Å². The molecule has 2 heterocycles. The molecule has 39 heavy (non-hydrogen) atoms. The van der Waals surface area contributed by atoms with E-state index in [1.807, 2.05) is 0 Å². The summed E-state index contributed by atoms with van der Waals surface area (Å²) >= 11 is 0. The largest absolute Gasteiger partial charge is 0.341 e. The van der Waals surface area contributed by atoms with Crippen LogP contribution in [0.2, 0.25) is 0 Å². The van der Waals surface area contributed by atoms with Crippen LogP contribution in [-0.4, -0.2) is 82.3 Å². The minimum Gasteiger partial charge on any atom is -0.341 e. The number of rotatable bonds is 5. The maximum absolute atomic E-state index is 14.9. The Labute approximate surface area is 225 Å². The number of amides is 3. The Morgan fingerprint density at radius 1 is 1.03 bits per heavy atom. The first-order chi connectivity index (χ1) is 18.0. The number of halogens is 4. The highest BCUT2D eigenvalue weighted by Crippen LogP contribution is 2.49. The smallest absolute Gasteiger partial charge is 0.258 e. The van der Waals surface area contributed by atoms with Crippen LogP contribution >= 0.6 is 0 Å². The van der Waals surface area contributed by atoms with Gasteiger partial charge in [-0.05, 0) is 49.9 Å². The number of fused-ring (bicyclic) bond motifs is 1. The predicted molar refractivity (Wildman–Crippen MR) is 131 cm³/mol. The number of carbonyl (C=O) groups excluding carboxylic acids is 4. The maximum Gasteiger partial charge on any atom is 0.258 e. The number of alkyl halides is 4. The van der Waals surface area contributed by atoms with Crippen LogP contribution < -0.4 is 5.32 Å². The van der Waals surface area contributed by atoms with Gasteiger partial charge >= 0.3 is 0 Å². The van der Waals surface area contributed by atoms with Gasteiger partial charge in [-0.25, -0.2) is 17.6 Å². The predicted octanol–water partition coefficient (Wildman–Crippen LogP) is 2.95. The molecule has 4 rings (SSSR count). The minimum atomic E-state index is -3.30. The van der Waals surface area contributed by atoms with Gasteiger partial charge in [0, 0.05) is 19.0 Å². The molecule has 2 saturated heterocycles. The number of ketones is 1. The van der Waals surface area contributed by atoms with E-state index in [4.69, 9.17) is 0 Å². The van der Waals surface area contributed by atoms with Crippen LogP contribution in [0.3, 0.4) is 0 Å². The Kier molecular flexibility index (Phi) is 7.54. The fourth-order valence-electron chi connectivity index (χ4n) is 6.64. The number of likely N-dealkylation sites (tertiary alicyclic amines) is 2. The van der Waals surface area contributed by atoms with Gasteiger partial charge in [-0.15, -0.1) is 0 Å². The van der Waals surface area contributed by atoms with Gasteiger partial charge in [-0.3, -0.25) is 19.2 Å². The fourth-order valence-corrected chi connectivity index (χ4v) is 6.64. The average molecular weight is 557 g/mol. The molecule has 4 aliphatic rings. The molecular formula is C27H36F4N4O4. The second-order valence-electron chi connectivity index (χ2n) is 12.9. The molecule has 0 radical (unpaired) electrons. The number of carbonyl (C=O) groups is 4. The monoisotopic (exact) mass is 556 g/mol. The molecule has 216 valence electrons. The van der Waals surface area contributed by atoms with Gasteiger partial charge in [0.1, 0.15) is 30.1 Å². The summed E-state index contributed by atoms with van der Waals surface area (Å²) in [7, 11) is 0. The van der Waals surface area contributed by atoms with Crippen molar-refractivity contribution in [3.8, 4) is 6.07 Å². The molecule has 7 atom stereocenters. The number of Topliss-reactive ketones (excluding diaryl/α,β-unsaturated/α-hetero) is 1. The van der Waals surface area contributed by atoms with E-state index in [0.29, 0.717) is 6.42 Å². The average Bonchev–Trinajstić information content (AvgIpc) is 3.41. The van der Waals surface area contributed by atoms with E-state index in [9.17, 15) is 42.0 Å². The molecule has 1 N–H and O–H groups in total. The molecule has 4 fully saturated rings. The van der Waals surface area contributed by atoms with Crippen molar-refractivity contribution in [3.63, 3.8) is 0 Å². The first-order valence-corrected chi connectivity index (χ1v) is 13.5. The van der Waals surface area contributed by atoms with Crippen LogP contribution in [0.5, 0.6) is 0 Å². The van der Waals surface area contributed by atoms with Gasteiger partial charge in [0.2, 0.25) is 11.8 Å². The van der Waals surface area contributed by atoms with Crippen LogP contribution in [-0.2, 0) is 19.2 Å². The Morgan fingerprint density at radius 3 is 2.21 bits per heavy atom. The van der Waals surface area contributed by atoms with E-state index in [2.05, 4.69) is 11.4 Å². The van der Waals surface area contributed by atoms with Gasteiger partial charge in [0.05, 0.1) is 18.9 Å². The van der Waals surface area contributed by atoms with E-state index in [1.54, 1.807) is 20.8 Å². The number of hydrogen-bond donors (Lipinski definition) is 1. The molecule has 0 aromatic heterocycles. The summed E-state index contributed by atoms with van der Waals surface area (Å²) in [6, 6.07) is -1.30. The van der Waals surface area contributed by atoms with Crippen molar-refractivity contribution in [1.82, 2.24) is 15.1 Å². The Hall–Kier alpha value is -2.71. The molecule has 3 amide bonds. The SMILES string of the molecule is CC(=O)[C@H]1C[C@@H](C#N)N(C(=O)[C@@H]2[C@H]3C[C@H](F)CCC3CN2C(=O)[C@@H](NC(=O)C2(F)CC(F)(F)C2)C(C)(C)C)C1. The van der Waals surface area contributed by atoms with Gasteiger partial charge < -0.3 is 15.1 Å². The second-order valence-corrected chi connectivity index (χ2v) is 12.9. The minimum absolute atomic E-state index is 0.0133. The Bertz CT molecular complexity index is 1080. The van der Waals surface area contributed by atoms with Crippen molar-refractivity contribution >= 4 is 23.5 Å². The van der Waals surface area contributed by atoms with E-state index < -0.39 is 83.7 Å². The number of hydrogen-bond acceptors (Lipinski definition) is 5. The zero-order chi connectivity index (χ0) is 29.1. The molecule has 12 heteroatoms. The molecule has 2 aliphatic carbocycles. The first kappa shape index (κ1) is 29.3. The normalized spacial score (nSPS) is 33.9. The third kappa shape index (κ3) is 5.50. The van der Waals surface area contributed by atoms with Crippen molar-refractivity contribution in [1.29, 1.82) is 5.26 Å². The molecule has 0 spiro atoms. The summed E-state index contributed by atoms with van der Waals surface area (Å²) in [6.45, 7) is 6.37. The highest BCUT2D eigenvalue weighted by atomic mass is 19.3. The number of nitrogens with one attached hydrogen (secondary N) is 1. The van der Waals surface area contributed by atoms with Crippen molar-refractivity contribution in [2.75, 3.05) is 13.1 Å². The van der Waals surface area contributed by atoms with Gasteiger partial charge in [-0.1, -0.05) is 20.8 Å². The van der Waals surface area contributed by atoms with E-state index in [1.165, 1.54) is 16.7 Å². The van der Waals surface area contributed by atoms with Crippen LogP contribution in [0.1, 0.15) is 66.2 Å². The van der Waals surface area contributed by atoms with Gasteiger partial charge in [0.25, 0.3) is 11.8 Å². The lowest BCUT2D eigenvalue weighted by molar-refractivity contribution is -0.185. The van der Waals surface area contributed by atoms with Crippen molar-refractivity contribution in [2.24, 2.45) is 23.2 Å². The number of nitrogens with zero attached hydrogens (tertiary/aromatic N) is 3. The van der Waals surface area contributed by atoms with Gasteiger partial charge in [0.15, 0.2) is 5.67 Å². The highest BCUT2D eigenvalue weighted by molar-refractivity contribution is 5.96. The molecule has 1 unspecified atom stereocenters. The third-order valence-electron chi connectivity index (χ3n) is 8.87. The Morgan fingerprint density at radius 2 is 1.67 bits per heavy atom. The molecule has 0 bridgehead atoms. The maximum atomic E-state index is 14.9. The summed E-state index contributed by atoms with van der Waals surface area (Å²) in [5, 5.41) is 12.0. The molecule has 2 aliphatic heterocycles. The molecular weight excluding hydrogens is 520 g/mol. The van der Waals surface area contributed by atoms with Gasteiger partial charge in [-0.2, -0.15) is 5.26 Å².